The van der Waals surface area contributed by atoms with Crippen LogP contribution in [0, 0.1) is 0 Å². The maximum atomic E-state index is 13.4. The van der Waals surface area contributed by atoms with Gasteiger partial charge in [0.15, 0.2) is 0 Å². The summed E-state index contributed by atoms with van der Waals surface area (Å²) in [6.45, 7) is 4.68. The zero-order valence-electron chi connectivity index (χ0n) is 16.6. The van der Waals surface area contributed by atoms with Gasteiger partial charge in [0.05, 0.1) is 36.4 Å². The zero-order chi connectivity index (χ0) is 20.7. The zero-order valence-corrected chi connectivity index (χ0v) is 18.1. The van der Waals surface area contributed by atoms with Gasteiger partial charge in [0.1, 0.15) is 17.2 Å². The van der Waals surface area contributed by atoms with Crippen molar-refractivity contribution < 1.29 is 22.6 Å². The van der Waals surface area contributed by atoms with Crippen LogP contribution in [0.1, 0.15) is 26.7 Å². The average molecular weight is 428 g/mol. The fraction of sp³-hybridized carbons (Fsp3) is 0.400. The maximum Gasteiger partial charge on any atom is 0.264 e. The predicted molar refractivity (Wildman–Crippen MR) is 112 cm³/mol. The van der Waals surface area contributed by atoms with Crippen LogP contribution >= 0.6 is 11.6 Å². The van der Waals surface area contributed by atoms with Crippen LogP contribution in [0.25, 0.3) is 0 Å². The summed E-state index contributed by atoms with van der Waals surface area (Å²) in [5, 5.41) is 0.344. The third-order valence-corrected chi connectivity index (χ3v) is 6.28. The first-order chi connectivity index (χ1) is 13.4. The molecule has 0 heterocycles. The van der Waals surface area contributed by atoms with Crippen molar-refractivity contribution in [3.8, 4) is 17.2 Å². The molecule has 0 aliphatic heterocycles. The van der Waals surface area contributed by atoms with Gasteiger partial charge in [-0.2, -0.15) is 0 Å². The molecule has 2 aromatic carbocycles. The highest BCUT2D eigenvalue weighted by Crippen LogP contribution is 2.40. The molecule has 0 radical (unpaired) electrons. The van der Waals surface area contributed by atoms with E-state index in [1.807, 2.05) is 13.8 Å². The molecule has 0 atom stereocenters. The van der Waals surface area contributed by atoms with Gasteiger partial charge in [0.2, 0.25) is 0 Å². The first kappa shape index (κ1) is 22.2. The van der Waals surface area contributed by atoms with Crippen molar-refractivity contribution in [2.24, 2.45) is 0 Å². The van der Waals surface area contributed by atoms with Crippen LogP contribution in [0.3, 0.4) is 0 Å². The Labute approximate surface area is 172 Å². The summed E-state index contributed by atoms with van der Waals surface area (Å²) in [5.41, 5.74) is 0.381. The number of anilines is 1. The van der Waals surface area contributed by atoms with Crippen LogP contribution < -0.4 is 18.5 Å². The fourth-order valence-corrected chi connectivity index (χ4v) is 4.45. The Bertz CT molecular complexity index is 884. The molecule has 154 valence electrons. The lowest BCUT2D eigenvalue weighted by molar-refractivity contribution is 0.340. The van der Waals surface area contributed by atoms with E-state index in [9.17, 15) is 8.42 Å². The lowest BCUT2D eigenvalue weighted by atomic mass is 10.2. The molecule has 0 unspecified atom stereocenters. The first-order valence-electron chi connectivity index (χ1n) is 9.06. The van der Waals surface area contributed by atoms with Crippen LogP contribution in [0.4, 0.5) is 5.69 Å². The molecular weight excluding hydrogens is 402 g/mol. The minimum Gasteiger partial charge on any atom is -0.495 e. The van der Waals surface area contributed by atoms with Crippen molar-refractivity contribution in [2.75, 3.05) is 31.7 Å². The molecule has 0 aromatic heterocycles. The fourth-order valence-electron chi connectivity index (χ4n) is 2.71. The largest absolute Gasteiger partial charge is 0.495 e. The Morgan fingerprint density at radius 1 is 1.00 bits per heavy atom. The number of unbranched alkanes of at least 4 members (excludes halogenated alkanes) is 1. The molecule has 0 saturated carbocycles. The lowest BCUT2D eigenvalue weighted by Gasteiger charge is -2.26. The molecule has 0 aliphatic carbocycles. The summed E-state index contributed by atoms with van der Waals surface area (Å²) in [5.74, 6) is 1.35. The van der Waals surface area contributed by atoms with Gasteiger partial charge in [-0.1, -0.05) is 24.9 Å². The first-order valence-corrected chi connectivity index (χ1v) is 10.9. The highest BCUT2D eigenvalue weighted by molar-refractivity contribution is 7.92. The van der Waals surface area contributed by atoms with Gasteiger partial charge in [-0.3, -0.25) is 4.31 Å². The van der Waals surface area contributed by atoms with Gasteiger partial charge < -0.3 is 14.2 Å². The second-order valence-corrected chi connectivity index (χ2v) is 8.26. The van der Waals surface area contributed by atoms with E-state index in [1.165, 1.54) is 18.5 Å². The van der Waals surface area contributed by atoms with E-state index in [0.29, 0.717) is 47.5 Å². The van der Waals surface area contributed by atoms with E-state index in [2.05, 4.69) is 0 Å². The number of ether oxygens (including phenoxy) is 3. The molecular formula is C20H26ClNO5S. The standard InChI is InChI=1S/C20H26ClNO5S/c1-5-7-12-22(18-14-19(25-3)17(21)13-20(18)26-4)28(23,24)16-10-8-15(9-11-16)27-6-2/h8-11,13-14H,5-7,12H2,1-4H3. The molecule has 6 nitrogen and oxygen atoms in total. The van der Waals surface area contributed by atoms with Crippen LogP contribution in [-0.4, -0.2) is 35.8 Å². The summed E-state index contributed by atoms with van der Waals surface area (Å²) in [6.07, 6.45) is 1.52. The van der Waals surface area contributed by atoms with E-state index in [0.717, 1.165) is 6.42 Å². The van der Waals surface area contributed by atoms with Crippen LogP contribution in [0.2, 0.25) is 5.02 Å². The van der Waals surface area contributed by atoms with E-state index in [1.54, 1.807) is 36.4 Å². The second-order valence-electron chi connectivity index (χ2n) is 5.99. The monoisotopic (exact) mass is 427 g/mol. The number of nitrogens with zero attached hydrogens (tertiary/aromatic N) is 1. The summed E-state index contributed by atoms with van der Waals surface area (Å²) in [7, 11) is -0.873. The van der Waals surface area contributed by atoms with Gasteiger partial charge in [-0.25, -0.2) is 8.42 Å². The van der Waals surface area contributed by atoms with E-state index >= 15 is 0 Å². The number of hydrogen-bond donors (Lipinski definition) is 0. The average Bonchev–Trinajstić information content (AvgIpc) is 2.69. The Morgan fingerprint density at radius 3 is 2.18 bits per heavy atom. The predicted octanol–water partition coefficient (Wildman–Crippen LogP) is 4.75. The Kier molecular flexibility index (Phi) is 7.83. The highest BCUT2D eigenvalue weighted by atomic mass is 35.5. The number of sulfonamides is 1. The minimum absolute atomic E-state index is 0.169. The molecule has 0 N–H and O–H groups in total. The smallest absolute Gasteiger partial charge is 0.264 e. The summed E-state index contributed by atoms with van der Waals surface area (Å²) < 4.78 is 44.3. The SMILES string of the molecule is CCCCN(c1cc(OC)c(Cl)cc1OC)S(=O)(=O)c1ccc(OCC)cc1. The molecule has 0 amide bonds. The molecule has 0 saturated heterocycles. The number of rotatable bonds is 10. The summed E-state index contributed by atoms with van der Waals surface area (Å²) in [4.78, 5) is 0.169. The van der Waals surface area contributed by atoms with Crippen molar-refractivity contribution in [2.45, 2.75) is 31.6 Å². The normalized spacial score (nSPS) is 11.2. The Hall–Kier alpha value is -2.12. The molecule has 0 spiro atoms. The Morgan fingerprint density at radius 2 is 1.64 bits per heavy atom. The van der Waals surface area contributed by atoms with Gasteiger partial charge >= 0.3 is 0 Å². The van der Waals surface area contributed by atoms with E-state index < -0.39 is 10.0 Å². The van der Waals surface area contributed by atoms with Crippen molar-refractivity contribution in [1.82, 2.24) is 0 Å². The van der Waals surface area contributed by atoms with E-state index in [-0.39, 0.29) is 4.90 Å². The van der Waals surface area contributed by atoms with Gasteiger partial charge in [-0.05, 0) is 37.6 Å². The molecule has 0 bridgehead atoms. The number of halogens is 1. The Balaban J connectivity index is 2.56. The molecule has 0 fully saturated rings. The molecule has 28 heavy (non-hydrogen) atoms. The van der Waals surface area contributed by atoms with Crippen molar-refractivity contribution >= 4 is 27.3 Å². The lowest BCUT2D eigenvalue weighted by Crippen LogP contribution is -2.32. The maximum absolute atomic E-state index is 13.4. The number of hydrogen-bond acceptors (Lipinski definition) is 5. The highest BCUT2D eigenvalue weighted by Gasteiger charge is 2.28. The third kappa shape index (κ3) is 4.83. The number of methoxy groups -OCH3 is 2. The molecule has 2 aromatic rings. The van der Waals surface area contributed by atoms with Crippen LogP contribution in [0.15, 0.2) is 41.3 Å². The van der Waals surface area contributed by atoms with Crippen molar-refractivity contribution in [1.29, 1.82) is 0 Å². The molecule has 8 heteroatoms. The minimum atomic E-state index is -3.83. The third-order valence-electron chi connectivity index (χ3n) is 4.16. The van der Waals surface area contributed by atoms with Gasteiger partial charge in [0.25, 0.3) is 10.0 Å². The van der Waals surface area contributed by atoms with Crippen molar-refractivity contribution in [3.63, 3.8) is 0 Å². The summed E-state index contributed by atoms with van der Waals surface area (Å²) in [6, 6.07) is 9.52. The van der Waals surface area contributed by atoms with Crippen LogP contribution in [0.5, 0.6) is 17.2 Å². The van der Waals surface area contributed by atoms with E-state index in [4.69, 9.17) is 25.8 Å². The summed E-state index contributed by atoms with van der Waals surface area (Å²) >= 11 is 6.18. The quantitative estimate of drug-likeness (QED) is 0.547. The van der Waals surface area contributed by atoms with Gasteiger partial charge in [-0.15, -0.1) is 0 Å². The van der Waals surface area contributed by atoms with Gasteiger partial charge in [0, 0.05) is 18.7 Å². The van der Waals surface area contributed by atoms with Crippen molar-refractivity contribution in [3.05, 3.63) is 41.4 Å². The second kappa shape index (κ2) is 9.89. The van der Waals surface area contributed by atoms with Crippen LogP contribution in [-0.2, 0) is 10.0 Å². The molecule has 2 rings (SSSR count). The topological polar surface area (TPSA) is 65.1 Å². The number of benzene rings is 2. The molecule has 0 aliphatic rings.